The van der Waals surface area contributed by atoms with Crippen molar-refractivity contribution in [1.82, 2.24) is 20.0 Å². The summed E-state index contributed by atoms with van der Waals surface area (Å²) < 4.78 is 5.38. The normalized spacial score (nSPS) is 21.0. The lowest BCUT2D eigenvalue weighted by Gasteiger charge is -2.27. The molecule has 1 fully saturated rings. The molecule has 7 nitrogen and oxygen atoms in total. The molecule has 1 aliphatic rings. The summed E-state index contributed by atoms with van der Waals surface area (Å²) >= 11 is 0. The first-order valence-electron chi connectivity index (χ1n) is 9.49. The van der Waals surface area contributed by atoms with Crippen LogP contribution in [0.25, 0.3) is 0 Å². The van der Waals surface area contributed by atoms with Crippen LogP contribution in [-0.4, -0.2) is 70.1 Å². The Morgan fingerprint density at radius 2 is 1.92 bits per heavy atom. The molecule has 0 aliphatic heterocycles. The number of carbonyl (C=O) groups is 1. The van der Waals surface area contributed by atoms with E-state index >= 15 is 0 Å². The van der Waals surface area contributed by atoms with E-state index in [0.29, 0.717) is 12.5 Å². The largest absolute Gasteiger partial charge is 0.444 e. The smallest absolute Gasteiger partial charge is 0.410 e. The Labute approximate surface area is 156 Å². The minimum Gasteiger partial charge on any atom is -0.444 e. The predicted molar refractivity (Wildman–Crippen MR) is 101 cm³/mol. The molecule has 0 spiro atoms. The monoisotopic (exact) mass is 366 g/mol. The molecule has 148 valence electrons. The van der Waals surface area contributed by atoms with E-state index < -0.39 is 5.60 Å². The van der Waals surface area contributed by atoms with Crippen molar-refractivity contribution in [2.75, 3.05) is 27.2 Å². The van der Waals surface area contributed by atoms with Gasteiger partial charge in [0, 0.05) is 44.4 Å². The highest BCUT2D eigenvalue weighted by Gasteiger charge is 2.25. The zero-order chi connectivity index (χ0) is 19.3. The van der Waals surface area contributed by atoms with Crippen LogP contribution in [0, 0.1) is 0 Å². The van der Waals surface area contributed by atoms with E-state index in [1.807, 2.05) is 34.0 Å². The highest BCUT2D eigenvalue weighted by molar-refractivity contribution is 5.67. The maximum absolute atomic E-state index is 12.0. The van der Waals surface area contributed by atoms with E-state index in [2.05, 4.69) is 15.1 Å². The number of hydrogen-bond acceptors (Lipinski definition) is 5. The van der Waals surface area contributed by atoms with Gasteiger partial charge < -0.3 is 19.6 Å². The molecular weight excluding hydrogens is 332 g/mol. The van der Waals surface area contributed by atoms with Gasteiger partial charge in [0.05, 0.1) is 11.8 Å². The predicted octanol–water partition coefficient (Wildman–Crippen LogP) is 2.73. The molecule has 0 bridgehead atoms. The van der Waals surface area contributed by atoms with Gasteiger partial charge in [0.1, 0.15) is 5.60 Å². The zero-order valence-electron chi connectivity index (χ0n) is 16.8. The summed E-state index contributed by atoms with van der Waals surface area (Å²) in [5, 5.41) is 17.2. The van der Waals surface area contributed by atoms with Gasteiger partial charge in [0.2, 0.25) is 0 Å². The number of nitrogens with zero attached hydrogens (tertiary/aromatic N) is 3. The average molecular weight is 367 g/mol. The second-order valence-electron chi connectivity index (χ2n) is 8.44. The summed E-state index contributed by atoms with van der Waals surface area (Å²) in [5.74, 6) is 0.428. The number of aromatic amines is 1. The second-order valence-corrected chi connectivity index (χ2v) is 8.44. The summed E-state index contributed by atoms with van der Waals surface area (Å²) in [7, 11) is 3.81. The van der Waals surface area contributed by atoms with Gasteiger partial charge in [0.25, 0.3) is 0 Å². The number of aliphatic hydroxyl groups excluding tert-OH is 1. The van der Waals surface area contributed by atoms with Gasteiger partial charge in [0.15, 0.2) is 0 Å². The summed E-state index contributed by atoms with van der Waals surface area (Å²) in [4.78, 5) is 15.8. The number of nitrogens with one attached hydrogen (secondary N) is 1. The fourth-order valence-electron chi connectivity index (χ4n) is 3.28. The third-order valence-corrected chi connectivity index (χ3v) is 4.80. The number of carbonyl (C=O) groups excluding carboxylic acids is 1. The zero-order valence-corrected chi connectivity index (χ0v) is 16.8. The van der Waals surface area contributed by atoms with E-state index in [0.717, 1.165) is 44.5 Å². The average Bonchev–Trinajstić information content (AvgIpc) is 2.99. The first-order chi connectivity index (χ1) is 12.2. The van der Waals surface area contributed by atoms with E-state index in [4.69, 9.17) is 4.74 Å². The van der Waals surface area contributed by atoms with Crippen molar-refractivity contribution in [2.24, 2.45) is 0 Å². The van der Waals surface area contributed by atoms with Gasteiger partial charge in [-0.2, -0.15) is 5.10 Å². The summed E-state index contributed by atoms with van der Waals surface area (Å²) in [6, 6.07) is 0. The number of likely N-dealkylation sites (N-methyl/N-ethyl adjacent to an activating group) is 2. The van der Waals surface area contributed by atoms with E-state index in [1.54, 1.807) is 11.9 Å². The number of rotatable bonds is 6. The van der Waals surface area contributed by atoms with Crippen LogP contribution in [0.2, 0.25) is 0 Å². The lowest BCUT2D eigenvalue weighted by Crippen LogP contribution is -2.38. The number of amides is 1. The maximum atomic E-state index is 12.0. The molecule has 0 saturated heterocycles. The molecule has 1 aliphatic carbocycles. The van der Waals surface area contributed by atoms with Crippen LogP contribution in [0.15, 0.2) is 6.20 Å². The first-order valence-corrected chi connectivity index (χ1v) is 9.49. The lowest BCUT2D eigenvalue weighted by molar-refractivity contribution is 0.0286. The third-order valence-electron chi connectivity index (χ3n) is 4.80. The van der Waals surface area contributed by atoms with Gasteiger partial charge in [-0.3, -0.25) is 5.10 Å². The Morgan fingerprint density at radius 3 is 2.54 bits per heavy atom. The molecular formula is C19H34N4O3. The van der Waals surface area contributed by atoms with Crippen LogP contribution in [0.1, 0.15) is 63.6 Å². The number of ether oxygens (including phenoxy) is 1. The third kappa shape index (κ3) is 6.29. The molecule has 1 amide bonds. The van der Waals surface area contributed by atoms with Crippen LogP contribution in [0.3, 0.4) is 0 Å². The molecule has 0 unspecified atom stereocenters. The lowest BCUT2D eigenvalue weighted by atomic mass is 9.84. The molecule has 1 heterocycles. The van der Waals surface area contributed by atoms with Crippen molar-refractivity contribution in [3.63, 3.8) is 0 Å². The molecule has 0 aromatic carbocycles. The summed E-state index contributed by atoms with van der Waals surface area (Å²) in [6.07, 6.45) is 5.21. The van der Waals surface area contributed by atoms with Crippen molar-refractivity contribution in [3.8, 4) is 0 Å². The van der Waals surface area contributed by atoms with Gasteiger partial charge in [-0.25, -0.2) is 4.79 Å². The molecule has 0 atom stereocenters. The minimum absolute atomic E-state index is 0.153. The van der Waals surface area contributed by atoms with Crippen LogP contribution < -0.4 is 0 Å². The fraction of sp³-hybridized carbons (Fsp3) is 0.789. The summed E-state index contributed by atoms with van der Waals surface area (Å²) in [5.41, 5.74) is 1.86. The quantitative estimate of drug-likeness (QED) is 0.809. The first kappa shape index (κ1) is 20.7. The van der Waals surface area contributed by atoms with Crippen LogP contribution in [0.4, 0.5) is 4.79 Å². The number of aromatic nitrogens is 2. The van der Waals surface area contributed by atoms with Crippen LogP contribution in [0.5, 0.6) is 0 Å². The molecule has 1 aromatic rings. The topological polar surface area (TPSA) is 81.7 Å². The minimum atomic E-state index is -0.476. The van der Waals surface area contributed by atoms with Gasteiger partial charge in [-0.1, -0.05) is 0 Å². The van der Waals surface area contributed by atoms with Gasteiger partial charge in [-0.05, 0) is 53.5 Å². The fourth-order valence-corrected chi connectivity index (χ4v) is 3.28. The van der Waals surface area contributed by atoms with Crippen LogP contribution >= 0.6 is 0 Å². The standard InChI is InChI=1S/C19H34N4O3/c1-19(2,3)26-18(25)23(5)11-10-22(4)13-15-12-20-21-17(15)14-6-8-16(24)9-7-14/h12,14,16,24H,6-11,13H2,1-5H3,(H,20,21)/t14-,16-. The van der Waals surface area contributed by atoms with E-state index in [1.165, 1.54) is 5.56 Å². The van der Waals surface area contributed by atoms with Crippen molar-refractivity contribution in [1.29, 1.82) is 0 Å². The number of aliphatic hydroxyl groups is 1. The summed E-state index contributed by atoms with van der Waals surface area (Å²) in [6.45, 7) is 7.76. The van der Waals surface area contributed by atoms with E-state index in [-0.39, 0.29) is 12.2 Å². The number of hydrogen-bond donors (Lipinski definition) is 2. The maximum Gasteiger partial charge on any atom is 0.410 e. The molecule has 26 heavy (non-hydrogen) atoms. The molecule has 1 aromatic heterocycles. The highest BCUT2D eigenvalue weighted by atomic mass is 16.6. The molecule has 2 rings (SSSR count). The van der Waals surface area contributed by atoms with Crippen molar-refractivity contribution >= 4 is 6.09 Å². The Morgan fingerprint density at radius 1 is 1.27 bits per heavy atom. The van der Waals surface area contributed by atoms with Crippen molar-refractivity contribution in [3.05, 3.63) is 17.5 Å². The Kier molecular flexibility index (Phi) is 7.06. The van der Waals surface area contributed by atoms with Gasteiger partial charge >= 0.3 is 6.09 Å². The van der Waals surface area contributed by atoms with E-state index in [9.17, 15) is 9.90 Å². The van der Waals surface area contributed by atoms with Crippen LogP contribution in [-0.2, 0) is 11.3 Å². The SMILES string of the molecule is CN(CCN(C)C(=O)OC(C)(C)C)Cc1c[nH]nc1[C@H]1CC[C@H](O)CC1. The second kappa shape index (κ2) is 8.86. The molecule has 0 radical (unpaired) electrons. The Hall–Kier alpha value is -1.60. The van der Waals surface area contributed by atoms with Gasteiger partial charge in [-0.15, -0.1) is 0 Å². The molecule has 2 N–H and O–H groups in total. The Balaban J connectivity index is 1.82. The Bertz CT molecular complexity index is 574. The number of H-pyrrole nitrogens is 1. The molecule has 7 heteroatoms. The highest BCUT2D eigenvalue weighted by Crippen LogP contribution is 2.33. The van der Waals surface area contributed by atoms with Crippen molar-refractivity contribution < 1.29 is 14.6 Å². The molecule has 1 saturated carbocycles. The van der Waals surface area contributed by atoms with Crippen molar-refractivity contribution in [2.45, 2.75) is 70.6 Å².